The molecule has 0 bridgehead atoms. The number of nitrogens with zero attached hydrogens (tertiary/aromatic N) is 3. The average Bonchev–Trinajstić information content (AvgIpc) is 2.76. The average molecular weight is 271 g/mol. The molecule has 1 aromatic rings. The van der Waals surface area contributed by atoms with Gasteiger partial charge in [0.2, 0.25) is 5.27 Å². The van der Waals surface area contributed by atoms with Crippen LogP contribution in [0.2, 0.25) is 0 Å². The summed E-state index contributed by atoms with van der Waals surface area (Å²) in [5.74, 6) is 0.237. The Labute approximate surface area is 111 Å². The molecule has 0 aliphatic carbocycles. The van der Waals surface area contributed by atoms with Crippen LogP contribution in [0.5, 0.6) is 0 Å². The van der Waals surface area contributed by atoms with Crippen LogP contribution in [0.15, 0.2) is 10.7 Å². The number of ether oxygens (including phenoxy) is 2. The minimum absolute atomic E-state index is 0.193. The smallest absolute Gasteiger partial charge is 0.414 e. The van der Waals surface area contributed by atoms with Crippen LogP contribution in [0.4, 0.5) is 10.7 Å². The van der Waals surface area contributed by atoms with Crippen LogP contribution >= 0.6 is 0 Å². The second kappa shape index (κ2) is 5.43. The van der Waals surface area contributed by atoms with Gasteiger partial charge in [0, 0.05) is 0 Å². The first-order valence-electron chi connectivity index (χ1n) is 6.21. The lowest BCUT2D eigenvalue weighted by Crippen LogP contribution is -2.71. The van der Waals surface area contributed by atoms with E-state index >= 15 is 0 Å². The summed E-state index contributed by atoms with van der Waals surface area (Å²) in [5, 5.41) is 8.36. The maximum Gasteiger partial charge on any atom is 0.414 e. The zero-order valence-corrected chi connectivity index (χ0v) is 11.4. The monoisotopic (exact) mass is 271 g/mol. The molecule has 1 aromatic heterocycles. The largest absolute Gasteiger partial charge is 0.450 e. The number of carbonyl (C=O) groups excluding carboxylic acids is 1. The molecule has 1 amide bonds. The number of anilines is 1. The summed E-state index contributed by atoms with van der Waals surface area (Å²) in [6, 6.07) is 0. The highest BCUT2D eigenvalue weighted by atomic mass is 16.6. The molecule has 1 aliphatic heterocycles. The fourth-order valence-corrected chi connectivity index (χ4v) is 1.90. The Morgan fingerprint density at radius 1 is 1.68 bits per heavy atom. The van der Waals surface area contributed by atoms with Gasteiger partial charge in [0.1, 0.15) is 12.1 Å². The van der Waals surface area contributed by atoms with E-state index in [1.807, 2.05) is 18.9 Å². The van der Waals surface area contributed by atoms with Gasteiger partial charge < -0.3 is 9.47 Å². The Bertz CT molecular complexity index is 446. The molecule has 2 heterocycles. The summed E-state index contributed by atoms with van der Waals surface area (Å²) in [7, 11) is 0. The van der Waals surface area contributed by atoms with Crippen LogP contribution in [0, 0.1) is 0 Å². The van der Waals surface area contributed by atoms with Crippen LogP contribution in [-0.2, 0) is 9.47 Å². The predicted octanol–water partition coefficient (Wildman–Crippen LogP) is 0.277. The van der Waals surface area contributed by atoms with Gasteiger partial charge in [0.25, 0.3) is 6.20 Å². The number of rotatable bonds is 3. The van der Waals surface area contributed by atoms with Crippen LogP contribution in [0.3, 0.4) is 0 Å². The molecule has 0 spiro atoms. The first kappa shape index (κ1) is 13.6. The summed E-state index contributed by atoms with van der Waals surface area (Å²) in [4.78, 5) is 12.8. The Balaban J connectivity index is 2.05. The molecule has 8 nitrogen and oxygen atoms in total. The Morgan fingerprint density at radius 2 is 2.47 bits per heavy atom. The van der Waals surface area contributed by atoms with Crippen molar-refractivity contribution in [1.82, 2.24) is 5.27 Å². The number of hydrogen-bond donors (Lipinski definition) is 1. The van der Waals surface area contributed by atoms with Gasteiger partial charge >= 0.3 is 12.0 Å². The van der Waals surface area contributed by atoms with Crippen molar-refractivity contribution in [2.45, 2.75) is 26.3 Å². The third-order valence-electron chi connectivity index (χ3n) is 2.81. The molecule has 1 aliphatic rings. The van der Waals surface area contributed by atoms with Gasteiger partial charge in [0.05, 0.1) is 24.6 Å². The topological polar surface area (TPSA) is 80.7 Å². The van der Waals surface area contributed by atoms with E-state index in [1.54, 1.807) is 17.9 Å². The minimum Gasteiger partial charge on any atom is -0.450 e. The minimum atomic E-state index is -0.563. The van der Waals surface area contributed by atoms with Gasteiger partial charge in [-0.25, -0.2) is 4.79 Å². The standard InChI is InChI=1S/C11H18N4O4/c1-4-18-10(16)12-9-7-15(13-19-9)14-5-6-17-8-11(14,2)3/h7H,4-6,8H2,1-3H3/p+1. The highest BCUT2D eigenvalue weighted by molar-refractivity contribution is 5.82. The van der Waals surface area contributed by atoms with Crippen molar-refractivity contribution in [2.75, 3.05) is 36.7 Å². The van der Waals surface area contributed by atoms with Crippen LogP contribution in [0.25, 0.3) is 0 Å². The molecular weight excluding hydrogens is 252 g/mol. The van der Waals surface area contributed by atoms with E-state index in [2.05, 4.69) is 10.6 Å². The molecule has 2 rings (SSSR count). The van der Waals surface area contributed by atoms with E-state index in [-0.39, 0.29) is 11.4 Å². The van der Waals surface area contributed by atoms with Gasteiger partial charge in [-0.1, -0.05) is 0 Å². The predicted molar refractivity (Wildman–Crippen MR) is 65.3 cm³/mol. The van der Waals surface area contributed by atoms with Crippen molar-refractivity contribution in [2.24, 2.45) is 0 Å². The summed E-state index contributed by atoms with van der Waals surface area (Å²) >= 11 is 0. The van der Waals surface area contributed by atoms with E-state index in [4.69, 9.17) is 14.0 Å². The van der Waals surface area contributed by atoms with E-state index in [9.17, 15) is 4.79 Å². The summed E-state index contributed by atoms with van der Waals surface area (Å²) < 4.78 is 15.2. The van der Waals surface area contributed by atoms with E-state index in [0.29, 0.717) is 26.4 Å². The van der Waals surface area contributed by atoms with Crippen molar-refractivity contribution in [3.8, 4) is 0 Å². The molecule has 1 N–H and O–H groups in total. The summed E-state index contributed by atoms with van der Waals surface area (Å²) in [6.45, 7) is 8.06. The lowest BCUT2D eigenvalue weighted by Gasteiger charge is -2.35. The molecule has 1 fully saturated rings. The van der Waals surface area contributed by atoms with E-state index in [1.165, 1.54) is 0 Å². The van der Waals surface area contributed by atoms with Gasteiger partial charge in [-0.15, -0.1) is 5.01 Å². The Kier molecular flexibility index (Phi) is 3.89. The second-order valence-corrected chi connectivity index (χ2v) is 4.82. The lowest BCUT2D eigenvalue weighted by atomic mass is 10.1. The zero-order valence-electron chi connectivity index (χ0n) is 11.4. The third kappa shape index (κ3) is 3.14. The van der Waals surface area contributed by atoms with Gasteiger partial charge in [0.15, 0.2) is 0 Å². The van der Waals surface area contributed by atoms with Crippen molar-refractivity contribution >= 4 is 12.0 Å². The van der Waals surface area contributed by atoms with E-state index < -0.39 is 6.09 Å². The molecule has 1 saturated heterocycles. The fourth-order valence-electron chi connectivity index (χ4n) is 1.90. The zero-order chi connectivity index (χ0) is 13.9. The van der Waals surface area contributed by atoms with Crippen LogP contribution in [-0.4, -0.2) is 43.3 Å². The number of carbonyl (C=O) groups is 1. The maximum atomic E-state index is 11.3. The van der Waals surface area contributed by atoms with Crippen molar-refractivity contribution < 1.29 is 23.6 Å². The molecule has 0 unspecified atom stereocenters. The molecule has 106 valence electrons. The Hall–Kier alpha value is -1.83. The fraction of sp³-hybridized carbons (Fsp3) is 0.727. The number of hydrogen-bond acceptors (Lipinski definition) is 6. The van der Waals surface area contributed by atoms with Crippen LogP contribution < -0.4 is 15.1 Å². The maximum absolute atomic E-state index is 11.3. The quantitative estimate of drug-likeness (QED) is 0.795. The normalized spacial score (nSPS) is 18.2. The number of nitrogens with one attached hydrogen (secondary N) is 1. The first-order valence-corrected chi connectivity index (χ1v) is 6.21. The number of amides is 1. The molecule has 0 radical (unpaired) electrons. The van der Waals surface area contributed by atoms with Crippen molar-refractivity contribution in [3.05, 3.63) is 6.20 Å². The third-order valence-corrected chi connectivity index (χ3v) is 2.81. The van der Waals surface area contributed by atoms with Crippen molar-refractivity contribution in [3.63, 3.8) is 0 Å². The van der Waals surface area contributed by atoms with Crippen LogP contribution in [0.1, 0.15) is 20.8 Å². The molecule has 8 heteroatoms. The molecule has 0 atom stereocenters. The molecular formula is C11H19N4O4+. The lowest BCUT2D eigenvalue weighted by molar-refractivity contribution is -0.767. The number of morpholine rings is 1. The summed E-state index contributed by atoms with van der Waals surface area (Å²) in [5.41, 5.74) is -0.193. The first-order chi connectivity index (χ1) is 9.03. The molecule has 0 saturated carbocycles. The highest BCUT2D eigenvalue weighted by Gasteiger charge is 2.39. The molecule has 19 heavy (non-hydrogen) atoms. The van der Waals surface area contributed by atoms with Gasteiger partial charge in [-0.2, -0.15) is 0 Å². The summed E-state index contributed by atoms with van der Waals surface area (Å²) in [6.07, 6.45) is 1.04. The van der Waals surface area contributed by atoms with E-state index in [0.717, 1.165) is 0 Å². The Morgan fingerprint density at radius 3 is 3.16 bits per heavy atom. The number of aromatic nitrogens is 2. The van der Waals surface area contributed by atoms with Gasteiger partial charge in [-0.3, -0.25) is 9.84 Å². The van der Waals surface area contributed by atoms with Crippen molar-refractivity contribution in [1.29, 1.82) is 0 Å². The second-order valence-electron chi connectivity index (χ2n) is 4.82. The molecule has 0 aromatic carbocycles. The highest BCUT2D eigenvalue weighted by Crippen LogP contribution is 2.14. The SMILES string of the molecule is CCOC(=O)Nc1c[n+](N2CCOCC2(C)C)no1. The van der Waals surface area contributed by atoms with Gasteiger partial charge in [-0.05, 0) is 20.8 Å².